The summed E-state index contributed by atoms with van der Waals surface area (Å²) < 4.78 is 5.33. The lowest BCUT2D eigenvalue weighted by atomic mass is 9.58. The number of nitriles is 1. The minimum Gasteiger partial charge on any atom is -0.444 e. The van der Waals surface area contributed by atoms with Crippen molar-refractivity contribution in [2.24, 2.45) is 5.41 Å². The molecule has 86 valence electrons. The molecular weight excluding hydrogens is 202 g/mol. The molecule has 0 bridgehead atoms. The normalized spacial score (nSPS) is 20.8. The highest BCUT2D eigenvalue weighted by Crippen LogP contribution is 2.52. The van der Waals surface area contributed by atoms with Crippen LogP contribution < -0.4 is 0 Å². The van der Waals surface area contributed by atoms with Crippen molar-refractivity contribution in [2.75, 3.05) is 0 Å². The van der Waals surface area contributed by atoms with E-state index in [4.69, 9.17) is 11.2 Å². The molecule has 0 aromatic heterocycles. The topological polar surface area (TPSA) is 50.1 Å². The van der Waals surface area contributed by atoms with Gasteiger partial charge in [-0.15, -0.1) is 6.42 Å². The first-order chi connectivity index (χ1) is 7.56. The molecule has 0 amide bonds. The first-order valence-electron chi connectivity index (χ1n) is 5.64. The highest BCUT2D eigenvalue weighted by Gasteiger charge is 2.56. The molecular formula is C13H17NO2. The van der Waals surface area contributed by atoms with Gasteiger partial charge in [-0.1, -0.05) is 19.3 Å². The molecule has 1 fully saturated rings. The Morgan fingerprint density at radius 2 is 2.25 bits per heavy atom. The SMILES string of the molecule is C#C[C@](CCC)(OC(C)=O)C1(C#N)CCC1. The standard InChI is InChI=1S/C13H17NO2/c1-4-7-13(5-2,16-11(3)15)12(10-14)8-6-9-12/h2H,4,6-9H2,1,3H3/t13-/m1/s1. The predicted molar refractivity (Wildman–Crippen MR) is 60.1 cm³/mol. The molecule has 1 rings (SSSR count). The third kappa shape index (κ3) is 1.78. The number of hydrogen-bond acceptors (Lipinski definition) is 3. The van der Waals surface area contributed by atoms with Crippen LogP contribution in [-0.4, -0.2) is 11.6 Å². The van der Waals surface area contributed by atoms with Gasteiger partial charge in [-0.25, -0.2) is 0 Å². The monoisotopic (exact) mass is 219 g/mol. The smallest absolute Gasteiger partial charge is 0.304 e. The molecule has 0 aromatic carbocycles. The summed E-state index contributed by atoms with van der Waals surface area (Å²) in [7, 11) is 0. The summed E-state index contributed by atoms with van der Waals surface area (Å²) in [6, 6.07) is 2.28. The van der Waals surface area contributed by atoms with E-state index in [1.165, 1.54) is 6.92 Å². The Labute approximate surface area is 96.8 Å². The third-order valence-corrected chi connectivity index (χ3v) is 3.35. The second-order valence-corrected chi connectivity index (χ2v) is 4.36. The molecule has 16 heavy (non-hydrogen) atoms. The van der Waals surface area contributed by atoms with Gasteiger partial charge in [0.15, 0.2) is 5.60 Å². The van der Waals surface area contributed by atoms with Gasteiger partial charge in [-0.2, -0.15) is 5.26 Å². The number of rotatable bonds is 4. The molecule has 0 N–H and O–H groups in total. The fourth-order valence-electron chi connectivity index (χ4n) is 2.36. The molecule has 0 saturated heterocycles. The van der Waals surface area contributed by atoms with Crippen LogP contribution in [0.5, 0.6) is 0 Å². The van der Waals surface area contributed by atoms with E-state index in [0.717, 1.165) is 25.7 Å². The van der Waals surface area contributed by atoms with Crippen LogP contribution in [0.2, 0.25) is 0 Å². The molecule has 1 atom stereocenters. The lowest BCUT2D eigenvalue weighted by molar-refractivity contribution is -0.166. The van der Waals surface area contributed by atoms with E-state index >= 15 is 0 Å². The minimum atomic E-state index is -1.03. The Bertz CT molecular complexity index is 357. The first kappa shape index (κ1) is 12.6. The molecule has 3 heteroatoms. The van der Waals surface area contributed by atoms with E-state index in [1.807, 2.05) is 6.92 Å². The molecule has 3 nitrogen and oxygen atoms in total. The van der Waals surface area contributed by atoms with E-state index in [0.29, 0.717) is 6.42 Å². The zero-order chi connectivity index (χ0) is 12.2. The van der Waals surface area contributed by atoms with Crippen LogP contribution in [0.4, 0.5) is 0 Å². The van der Waals surface area contributed by atoms with Crippen molar-refractivity contribution < 1.29 is 9.53 Å². The van der Waals surface area contributed by atoms with Crippen LogP contribution in [0.25, 0.3) is 0 Å². The van der Waals surface area contributed by atoms with Gasteiger partial charge in [0.25, 0.3) is 0 Å². The Morgan fingerprint density at radius 1 is 1.62 bits per heavy atom. The van der Waals surface area contributed by atoms with Gasteiger partial charge >= 0.3 is 5.97 Å². The predicted octanol–water partition coefficient (Wildman–Crippen LogP) is 2.42. The van der Waals surface area contributed by atoms with Crippen LogP contribution in [0.3, 0.4) is 0 Å². The Kier molecular flexibility index (Phi) is 3.60. The molecule has 1 aliphatic rings. The van der Waals surface area contributed by atoms with Gasteiger partial charge in [-0.05, 0) is 19.3 Å². The van der Waals surface area contributed by atoms with Crippen LogP contribution in [0, 0.1) is 29.1 Å². The molecule has 0 spiro atoms. The molecule has 0 unspecified atom stereocenters. The van der Waals surface area contributed by atoms with Gasteiger partial charge in [0, 0.05) is 13.3 Å². The number of hydrogen-bond donors (Lipinski definition) is 0. The van der Waals surface area contributed by atoms with Crippen LogP contribution in [0.1, 0.15) is 46.0 Å². The number of carbonyl (C=O) groups is 1. The number of ether oxygens (including phenoxy) is 1. The Morgan fingerprint density at radius 3 is 2.50 bits per heavy atom. The highest BCUT2D eigenvalue weighted by molar-refractivity contribution is 5.67. The lowest BCUT2D eigenvalue weighted by Gasteiger charge is -2.47. The van der Waals surface area contributed by atoms with Crippen molar-refractivity contribution in [1.82, 2.24) is 0 Å². The number of esters is 1. The van der Waals surface area contributed by atoms with Crippen molar-refractivity contribution in [1.29, 1.82) is 5.26 Å². The average molecular weight is 219 g/mol. The van der Waals surface area contributed by atoms with Gasteiger partial charge in [0.05, 0.1) is 6.07 Å². The van der Waals surface area contributed by atoms with Crippen molar-refractivity contribution in [2.45, 2.75) is 51.6 Å². The number of carbonyl (C=O) groups excluding carboxylic acids is 1. The fraction of sp³-hybridized carbons (Fsp3) is 0.692. The zero-order valence-corrected chi connectivity index (χ0v) is 9.88. The van der Waals surface area contributed by atoms with Crippen molar-refractivity contribution >= 4 is 5.97 Å². The summed E-state index contributed by atoms with van der Waals surface area (Å²) >= 11 is 0. The summed E-state index contributed by atoms with van der Waals surface area (Å²) in [6.07, 6.45) is 9.30. The van der Waals surface area contributed by atoms with Gasteiger partial charge in [-0.3, -0.25) is 4.79 Å². The maximum Gasteiger partial charge on any atom is 0.304 e. The average Bonchev–Trinajstić information content (AvgIpc) is 2.16. The molecule has 1 saturated carbocycles. The largest absolute Gasteiger partial charge is 0.444 e. The molecule has 1 aliphatic carbocycles. The van der Waals surface area contributed by atoms with E-state index in [9.17, 15) is 10.1 Å². The first-order valence-corrected chi connectivity index (χ1v) is 5.64. The third-order valence-electron chi connectivity index (χ3n) is 3.35. The van der Waals surface area contributed by atoms with Gasteiger partial charge < -0.3 is 4.74 Å². The summed E-state index contributed by atoms with van der Waals surface area (Å²) in [5.41, 5.74) is -1.69. The van der Waals surface area contributed by atoms with Crippen LogP contribution in [0.15, 0.2) is 0 Å². The summed E-state index contributed by atoms with van der Waals surface area (Å²) in [5, 5.41) is 9.31. The summed E-state index contributed by atoms with van der Waals surface area (Å²) in [6.45, 7) is 3.31. The molecule has 0 aromatic rings. The van der Waals surface area contributed by atoms with Crippen LogP contribution >= 0.6 is 0 Å². The minimum absolute atomic E-state index is 0.409. The number of terminal acetylenes is 1. The van der Waals surface area contributed by atoms with E-state index in [2.05, 4.69) is 12.0 Å². The van der Waals surface area contributed by atoms with E-state index < -0.39 is 17.0 Å². The van der Waals surface area contributed by atoms with Crippen molar-refractivity contribution in [3.63, 3.8) is 0 Å². The number of nitrogens with zero attached hydrogens (tertiary/aromatic N) is 1. The second-order valence-electron chi connectivity index (χ2n) is 4.36. The van der Waals surface area contributed by atoms with Gasteiger partial charge in [0.1, 0.15) is 5.41 Å². The zero-order valence-electron chi connectivity index (χ0n) is 9.88. The Hall–Kier alpha value is -1.48. The highest BCUT2D eigenvalue weighted by atomic mass is 16.6. The maximum absolute atomic E-state index is 11.2. The summed E-state index contributed by atoms with van der Waals surface area (Å²) in [4.78, 5) is 11.2. The maximum atomic E-state index is 11.2. The van der Waals surface area contributed by atoms with Crippen molar-refractivity contribution in [3.05, 3.63) is 0 Å². The lowest BCUT2D eigenvalue weighted by Crippen LogP contribution is -2.53. The Balaban J connectivity index is 3.07. The van der Waals surface area contributed by atoms with E-state index in [-0.39, 0.29) is 0 Å². The second kappa shape index (κ2) is 4.58. The van der Waals surface area contributed by atoms with E-state index in [1.54, 1.807) is 0 Å². The quantitative estimate of drug-likeness (QED) is 0.539. The van der Waals surface area contributed by atoms with Gasteiger partial charge in [0.2, 0.25) is 0 Å². The van der Waals surface area contributed by atoms with Crippen LogP contribution in [-0.2, 0) is 9.53 Å². The van der Waals surface area contributed by atoms with Crippen molar-refractivity contribution in [3.8, 4) is 18.4 Å². The molecule has 0 radical (unpaired) electrons. The molecule has 0 aliphatic heterocycles. The summed E-state index contributed by atoms with van der Waals surface area (Å²) in [5.74, 6) is 2.17. The molecule has 0 heterocycles. The fourth-order valence-corrected chi connectivity index (χ4v) is 2.36.